The van der Waals surface area contributed by atoms with Gasteiger partial charge >= 0.3 is 6.09 Å². The van der Waals surface area contributed by atoms with E-state index in [0.717, 1.165) is 22.3 Å². The molecule has 0 aliphatic rings. The van der Waals surface area contributed by atoms with E-state index >= 15 is 0 Å². The van der Waals surface area contributed by atoms with Gasteiger partial charge in [-0.25, -0.2) is 4.79 Å². The summed E-state index contributed by atoms with van der Waals surface area (Å²) < 4.78 is 5.46. The first-order chi connectivity index (χ1) is 19.5. The number of rotatable bonds is 11. The van der Waals surface area contributed by atoms with Crippen LogP contribution in [0.1, 0.15) is 54.6 Å². The van der Waals surface area contributed by atoms with E-state index in [1.165, 1.54) is 4.90 Å². The summed E-state index contributed by atoms with van der Waals surface area (Å²) in [6.07, 6.45) is -0.570. The van der Waals surface area contributed by atoms with Crippen molar-refractivity contribution in [1.82, 2.24) is 15.5 Å². The van der Waals surface area contributed by atoms with Crippen LogP contribution in [-0.4, -0.2) is 52.7 Å². The smallest absolute Gasteiger partial charge is 0.408 e. The van der Waals surface area contributed by atoms with Crippen LogP contribution in [0, 0.1) is 13.8 Å². The van der Waals surface area contributed by atoms with Gasteiger partial charge < -0.3 is 25.4 Å². The second-order valence-corrected chi connectivity index (χ2v) is 11.1. The predicted molar refractivity (Wildman–Crippen MR) is 159 cm³/mol. The minimum Gasteiger partial charge on any atom is -0.444 e. The van der Waals surface area contributed by atoms with Gasteiger partial charge in [-0.2, -0.15) is 0 Å². The second-order valence-electron chi connectivity index (χ2n) is 11.1. The van der Waals surface area contributed by atoms with Crippen LogP contribution in [0.15, 0.2) is 78.9 Å². The summed E-state index contributed by atoms with van der Waals surface area (Å²) in [5.41, 5.74) is 3.31. The number of carbonyl (C=O) groups is 3. The molecule has 0 heterocycles. The summed E-state index contributed by atoms with van der Waals surface area (Å²) in [5.74, 6) is -0.889. The molecule has 0 saturated heterocycles. The first-order valence-electron chi connectivity index (χ1n) is 13.8. The molecule has 41 heavy (non-hydrogen) atoms. The van der Waals surface area contributed by atoms with E-state index in [1.54, 1.807) is 20.8 Å². The van der Waals surface area contributed by atoms with Crippen LogP contribution in [0.3, 0.4) is 0 Å². The number of nitrogens with zero attached hydrogens (tertiary/aromatic N) is 1. The zero-order chi connectivity index (χ0) is 30.0. The Labute approximate surface area is 242 Å². The van der Waals surface area contributed by atoms with Gasteiger partial charge in [0.25, 0.3) is 0 Å². The molecule has 3 aromatic carbocycles. The number of ether oxygens (including phenoxy) is 1. The van der Waals surface area contributed by atoms with Gasteiger partial charge in [0, 0.05) is 19.5 Å². The van der Waals surface area contributed by atoms with Gasteiger partial charge in [0.05, 0.1) is 6.61 Å². The van der Waals surface area contributed by atoms with Crippen LogP contribution in [0.5, 0.6) is 0 Å². The number of benzene rings is 3. The number of amides is 3. The zero-order valence-electron chi connectivity index (χ0n) is 24.5. The lowest BCUT2D eigenvalue weighted by molar-refractivity contribution is -0.143. The number of alkyl carbamates (subject to hydrolysis) is 1. The molecule has 0 bridgehead atoms. The molecule has 0 aromatic heterocycles. The molecule has 3 amide bonds. The molecule has 0 spiro atoms. The molecule has 0 aliphatic carbocycles. The topological polar surface area (TPSA) is 108 Å². The standard InChI is InChI=1S/C33H41N3O5/c1-23-13-12-14-24(2)28(23)29(30(38)34-22-26-17-10-7-11-18-26)36(19-20-37)31(39)27(21-25-15-8-6-9-16-25)35-32(40)41-33(3,4)5/h6-18,27,29,37H,19-22H2,1-5H3,(H,34,38)(H,35,40). The number of aliphatic hydroxyl groups is 1. The third-order valence-corrected chi connectivity index (χ3v) is 6.58. The van der Waals surface area contributed by atoms with Crippen LogP contribution in [0.4, 0.5) is 4.79 Å². The van der Waals surface area contributed by atoms with Crippen molar-refractivity contribution in [2.24, 2.45) is 0 Å². The molecule has 218 valence electrons. The van der Waals surface area contributed by atoms with Gasteiger partial charge in [0.15, 0.2) is 0 Å². The van der Waals surface area contributed by atoms with Gasteiger partial charge in [-0.1, -0.05) is 78.9 Å². The number of carbonyl (C=O) groups excluding carboxylic acids is 3. The van der Waals surface area contributed by atoms with E-state index in [-0.39, 0.29) is 32.0 Å². The number of nitrogens with one attached hydrogen (secondary N) is 2. The Morgan fingerprint density at radius 2 is 1.41 bits per heavy atom. The van der Waals surface area contributed by atoms with Gasteiger partial charge in [-0.3, -0.25) is 9.59 Å². The van der Waals surface area contributed by atoms with E-state index in [9.17, 15) is 19.5 Å². The Bertz CT molecular complexity index is 1290. The van der Waals surface area contributed by atoms with Gasteiger partial charge in [-0.05, 0) is 62.4 Å². The minimum atomic E-state index is -1.05. The first-order valence-corrected chi connectivity index (χ1v) is 13.8. The first kappa shape index (κ1) is 31.4. The molecule has 3 rings (SSSR count). The highest BCUT2D eigenvalue weighted by Gasteiger charge is 2.37. The summed E-state index contributed by atoms with van der Waals surface area (Å²) >= 11 is 0. The van der Waals surface area contributed by atoms with Crippen molar-refractivity contribution >= 4 is 17.9 Å². The number of hydrogen-bond donors (Lipinski definition) is 3. The third-order valence-electron chi connectivity index (χ3n) is 6.58. The molecule has 8 heteroatoms. The maximum Gasteiger partial charge on any atom is 0.408 e. The maximum absolute atomic E-state index is 14.3. The highest BCUT2D eigenvalue weighted by atomic mass is 16.6. The molecular formula is C33H41N3O5. The van der Waals surface area contributed by atoms with Crippen molar-refractivity contribution < 1.29 is 24.2 Å². The average molecular weight is 560 g/mol. The Hall–Kier alpha value is -4.17. The summed E-state index contributed by atoms with van der Waals surface area (Å²) in [6, 6.07) is 22.4. The number of aliphatic hydroxyl groups excluding tert-OH is 1. The molecule has 0 saturated carbocycles. The Balaban J connectivity index is 2.03. The van der Waals surface area contributed by atoms with Gasteiger partial charge in [0.2, 0.25) is 11.8 Å². The van der Waals surface area contributed by atoms with Crippen molar-refractivity contribution in [3.05, 3.63) is 107 Å². The average Bonchev–Trinajstić information content (AvgIpc) is 2.92. The highest BCUT2D eigenvalue weighted by molar-refractivity contribution is 5.92. The van der Waals surface area contributed by atoms with Gasteiger partial charge in [-0.15, -0.1) is 0 Å². The van der Waals surface area contributed by atoms with Crippen LogP contribution in [0.2, 0.25) is 0 Å². The zero-order valence-corrected chi connectivity index (χ0v) is 24.5. The largest absolute Gasteiger partial charge is 0.444 e. The fraction of sp³-hybridized carbons (Fsp3) is 0.364. The Kier molecular flexibility index (Phi) is 11.1. The Morgan fingerprint density at radius 3 is 1.95 bits per heavy atom. The van der Waals surface area contributed by atoms with Crippen molar-refractivity contribution in [2.45, 2.75) is 65.3 Å². The fourth-order valence-corrected chi connectivity index (χ4v) is 4.74. The lowest BCUT2D eigenvalue weighted by Crippen LogP contribution is -2.54. The Morgan fingerprint density at radius 1 is 0.854 bits per heavy atom. The van der Waals surface area contributed by atoms with Crippen LogP contribution in [-0.2, 0) is 27.3 Å². The third kappa shape index (κ3) is 9.18. The molecular weight excluding hydrogens is 518 g/mol. The SMILES string of the molecule is Cc1cccc(C)c1C(C(=O)NCc1ccccc1)N(CCO)C(=O)C(Cc1ccccc1)NC(=O)OC(C)(C)C. The molecule has 0 aliphatic heterocycles. The molecule has 0 fully saturated rings. The van der Waals surface area contributed by atoms with Crippen molar-refractivity contribution in [3.8, 4) is 0 Å². The lowest BCUT2D eigenvalue weighted by atomic mass is 9.93. The lowest BCUT2D eigenvalue weighted by Gasteiger charge is -2.35. The number of aryl methyl sites for hydroxylation is 2. The molecule has 2 atom stereocenters. The van der Waals surface area contributed by atoms with Gasteiger partial charge in [0.1, 0.15) is 17.7 Å². The summed E-state index contributed by atoms with van der Waals surface area (Å²) in [6.45, 7) is 8.79. The fourth-order valence-electron chi connectivity index (χ4n) is 4.74. The normalized spacial score (nSPS) is 12.6. The van der Waals surface area contributed by atoms with Crippen molar-refractivity contribution in [2.75, 3.05) is 13.2 Å². The monoisotopic (exact) mass is 559 g/mol. The molecule has 8 nitrogen and oxygen atoms in total. The molecule has 0 radical (unpaired) electrons. The minimum absolute atomic E-state index is 0.114. The summed E-state index contributed by atoms with van der Waals surface area (Å²) in [7, 11) is 0. The molecule has 3 aromatic rings. The molecule has 2 unspecified atom stereocenters. The van der Waals surface area contributed by atoms with E-state index in [1.807, 2.05) is 92.7 Å². The molecule has 3 N–H and O–H groups in total. The second kappa shape index (κ2) is 14.5. The quantitative estimate of drug-likeness (QED) is 0.318. The van der Waals surface area contributed by atoms with E-state index in [0.29, 0.717) is 5.56 Å². The van der Waals surface area contributed by atoms with Crippen molar-refractivity contribution in [1.29, 1.82) is 0 Å². The van der Waals surface area contributed by atoms with E-state index in [4.69, 9.17) is 4.74 Å². The number of hydrogen-bond acceptors (Lipinski definition) is 5. The van der Waals surface area contributed by atoms with Crippen LogP contribution >= 0.6 is 0 Å². The van der Waals surface area contributed by atoms with Crippen molar-refractivity contribution in [3.63, 3.8) is 0 Å². The van der Waals surface area contributed by atoms with Crippen LogP contribution < -0.4 is 10.6 Å². The highest BCUT2D eigenvalue weighted by Crippen LogP contribution is 2.29. The summed E-state index contributed by atoms with van der Waals surface area (Å²) in [4.78, 5) is 42.5. The van der Waals surface area contributed by atoms with E-state index < -0.39 is 29.7 Å². The maximum atomic E-state index is 14.3. The predicted octanol–water partition coefficient (Wildman–Crippen LogP) is 4.62. The van der Waals surface area contributed by atoms with Crippen LogP contribution in [0.25, 0.3) is 0 Å². The van der Waals surface area contributed by atoms with E-state index in [2.05, 4.69) is 10.6 Å². The summed E-state index contributed by atoms with van der Waals surface area (Å²) in [5, 5.41) is 15.8.